The zero-order valence-corrected chi connectivity index (χ0v) is 10.1. The highest BCUT2D eigenvalue weighted by Gasteiger charge is 2.16. The molecule has 0 heterocycles. The average Bonchev–Trinajstić information content (AvgIpc) is 2.29. The molecular weight excluding hydrogens is 228 g/mol. The number of hydrogen-bond donors (Lipinski definition) is 2. The van der Waals surface area contributed by atoms with Crippen molar-refractivity contribution < 1.29 is 18.6 Å². The third kappa shape index (κ3) is 3.30. The number of aliphatic hydroxyl groups is 1. The molecule has 0 saturated heterocycles. The highest BCUT2D eigenvalue weighted by molar-refractivity contribution is 5.49. The van der Waals surface area contributed by atoms with E-state index >= 15 is 0 Å². The molecule has 2 N–H and O–H groups in total. The molecule has 0 radical (unpaired) electrons. The Balaban J connectivity index is 2.95. The molecule has 1 rings (SSSR count). The van der Waals surface area contributed by atoms with Crippen LogP contribution in [0, 0.1) is 17.6 Å². The van der Waals surface area contributed by atoms with E-state index in [9.17, 15) is 8.78 Å². The molecule has 1 atom stereocenters. The van der Waals surface area contributed by atoms with Gasteiger partial charge in [0.1, 0.15) is 5.82 Å². The number of nitrogens with one attached hydrogen (secondary N) is 1. The number of hydrogen-bond acceptors (Lipinski definition) is 3. The number of rotatable bonds is 5. The van der Waals surface area contributed by atoms with Gasteiger partial charge in [-0.05, 0) is 5.92 Å². The lowest BCUT2D eigenvalue weighted by Crippen LogP contribution is -2.29. The minimum Gasteiger partial charge on any atom is -0.494 e. The zero-order valence-electron chi connectivity index (χ0n) is 10.1. The van der Waals surface area contributed by atoms with Gasteiger partial charge < -0.3 is 15.2 Å². The third-order valence-corrected chi connectivity index (χ3v) is 2.58. The van der Waals surface area contributed by atoms with Gasteiger partial charge in [-0.3, -0.25) is 0 Å². The summed E-state index contributed by atoms with van der Waals surface area (Å²) in [4.78, 5) is 0. The van der Waals surface area contributed by atoms with Gasteiger partial charge in [-0.15, -0.1) is 0 Å². The van der Waals surface area contributed by atoms with Crippen molar-refractivity contribution in [2.45, 2.75) is 19.9 Å². The molecule has 17 heavy (non-hydrogen) atoms. The first kappa shape index (κ1) is 13.7. The Labute approximate surface area is 99.4 Å². The van der Waals surface area contributed by atoms with Crippen molar-refractivity contribution in [1.82, 2.24) is 0 Å². The van der Waals surface area contributed by atoms with E-state index in [1.165, 1.54) is 7.11 Å². The Bertz CT molecular complexity index is 383. The van der Waals surface area contributed by atoms with Gasteiger partial charge in [0.2, 0.25) is 0 Å². The fourth-order valence-electron chi connectivity index (χ4n) is 1.42. The number of ether oxygens (including phenoxy) is 1. The summed E-state index contributed by atoms with van der Waals surface area (Å²) in [5.41, 5.74) is 0.0241. The quantitative estimate of drug-likeness (QED) is 0.837. The summed E-state index contributed by atoms with van der Waals surface area (Å²) in [6.07, 6.45) is 0. The highest BCUT2D eigenvalue weighted by Crippen LogP contribution is 2.25. The molecule has 5 heteroatoms. The summed E-state index contributed by atoms with van der Waals surface area (Å²) < 4.78 is 31.6. The summed E-state index contributed by atoms with van der Waals surface area (Å²) in [6.45, 7) is 3.61. The van der Waals surface area contributed by atoms with E-state index in [-0.39, 0.29) is 30.0 Å². The van der Waals surface area contributed by atoms with E-state index < -0.39 is 11.6 Å². The van der Waals surface area contributed by atoms with E-state index in [0.29, 0.717) is 0 Å². The van der Waals surface area contributed by atoms with Crippen molar-refractivity contribution in [1.29, 1.82) is 0 Å². The molecule has 3 nitrogen and oxygen atoms in total. The third-order valence-electron chi connectivity index (χ3n) is 2.58. The second kappa shape index (κ2) is 5.82. The standard InChI is InChI=1S/C12H17F2NO2/c1-7(2)11(6-16)15-10-4-9(14)12(17-3)5-8(10)13/h4-5,7,11,15-16H,6H2,1-3H3. The maximum absolute atomic E-state index is 13.6. The largest absolute Gasteiger partial charge is 0.494 e. The van der Waals surface area contributed by atoms with Crippen LogP contribution in [0.5, 0.6) is 5.75 Å². The molecule has 0 saturated carbocycles. The van der Waals surface area contributed by atoms with Gasteiger partial charge in [-0.25, -0.2) is 8.78 Å². The Morgan fingerprint density at radius 1 is 1.29 bits per heavy atom. The molecule has 0 spiro atoms. The lowest BCUT2D eigenvalue weighted by Gasteiger charge is -2.21. The maximum Gasteiger partial charge on any atom is 0.167 e. The first-order chi connectivity index (χ1) is 7.99. The molecule has 0 bridgehead atoms. The second-order valence-electron chi connectivity index (χ2n) is 4.14. The summed E-state index contributed by atoms with van der Waals surface area (Å²) in [5, 5.41) is 11.9. The van der Waals surface area contributed by atoms with Crippen molar-refractivity contribution in [2.75, 3.05) is 19.0 Å². The zero-order chi connectivity index (χ0) is 13.0. The van der Waals surface area contributed by atoms with Crippen molar-refractivity contribution in [2.24, 2.45) is 5.92 Å². The molecule has 1 aromatic rings. The fourth-order valence-corrected chi connectivity index (χ4v) is 1.42. The van der Waals surface area contributed by atoms with Gasteiger partial charge in [-0.1, -0.05) is 13.8 Å². The Kier molecular flexibility index (Phi) is 4.69. The Hall–Kier alpha value is -1.36. The smallest absolute Gasteiger partial charge is 0.167 e. The van der Waals surface area contributed by atoms with E-state index in [4.69, 9.17) is 5.11 Å². The number of anilines is 1. The monoisotopic (exact) mass is 245 g/mol. The van der Waals surface area contributed by atoms with Crippen LogP contribution in [0.25, 0.3) is 0 Å². The SMILES string of the molecule is COc1cc(F)c(NC(CO)C(C)C)cc1F. The van der Waals surface area contributed by atoms with Crippen molar-refractivity contribution >= 4 is 5.69 Å². The minimum absolute atomic E-state index is 0.0241. The molecular formula is C12H17F2NO2. The van der Waals surface area contributed by atoms with Crippen LogP contribution in [0.1, 0.15) is 13.8 Å². The van der Waals surface area contributed by atoms with Crippen LogP contribution < -0.4 is 10.1 Å². The van der Waals surface area contributed by atoms with Crippen LogP contribution in [0.2, 0.25) is 0 Å². The van der Waals surface area contributed by atoms with E-state index in [0.717, 1.165) is 12.1 Å². The first-order valence-corrected chi connectivity index (χ1v) is 5.40. The Morgan fingerprint density at radius 3 is 2.41 bits per heavy atom. The van der Waals surface area contributed by atoms with Gasteiger partial charge in [0.25, 0.3) is 0 Å². The maximum atomic E-state index is 13.6. The summed E-state index contributed by atoms with van der Waals surface area (Å²) >= 11 is 0. The molecule has 96 valence electrons. The van der Waals surface area contributed by atoms with Crippen molar-refractivity contribution in [3.63, 3.8) is 0 Å². The van der Waals surface area contributed by atoms with Crippen LogP contribution in [0.3, 0.4) is 0 Å². The van der Waals surface area contributed by atoms with Crippen molar-refractivity contribution in [3.05, 3.63) is 23.8 Å². The van der Waals surface area contributed by atoms with Crippen LogP contribution in [-0.2, 0) is 0 Å². The number of methoxy groups -OCH3 is 1. The van der Waals surface area contributed by atoms with Gasteiger partial charge in [0.05, 0.1) is 25.4 Å². The summed E-state index contributed by atoms with van der Waals surface area (Å²) in [5.74, 6) is -1.29. The number of benzene rings is 1. The predicted molar refractivity (Wildman–Crippen MR) is 62.2 cm³/mol. The van der Waals surface area contributed by atoms with Crippen LogP contribution in [0.4, 0.5) is 14.5 Å². The van der Waals surface area contributed by atoms with Crippen LogP contribution >= 0.6 is 0 Å². The molecule has 0 fully saturated rings. The molecule has 0 aliphatic rings. The lowest BCUT2D eigenvalue weighted by molar-refractivity contribution is 0.249. The van der Waals surface area contributed by atoms with E-state index in [2.05, 4.69) is 10.1 Å². The van der Waals surface area contributed by atoms with Gasteiger partial charge in [-0.2, -0.15) is 0 Å². The Morgan fingerprint density at radius 2 is 1.94 bits per heavy atom. The fraction of sp³-hybridized carbons (Fsp3) is 0.500. The summed E-state index contributed by atoms with van der Waals surface area (Å²) in [7, 11) is 1.27. The molecule has 0 amide bonds. The van der Waals surface area contributed by atoms with Gasteiger partial charge in [0.15, 0.2) is 11.6 Å². The van der Waals surface area contributed by atoms with Gasteiger partial charge >= 0.3 is 0 Å². The van der Waals surface area contributed by atoms with Crippen molar-refractivity contribution in [3.8, 4) is 5.75 Å². The van der Waals surface area contributed by atoms with E-state index in [1.54, 1.807) is 0 Å². The topological polar surface area (TPSA) is 41.5 Å². The minimum atomic E-state index is -0.642. The number of halogens is 2. The molecule has 1 unspecified atom stereocenters. The van der Waals surface area contributed by atoms with Crippen LogP contribution in [0.15, 0.2) is 12.1 Å². The highest BCUT2D eigenvalue weighted by atomic mass is 19.1. The van der Waals surface area contributed by atoms with E-state index in [1.807, 2.05) is 13.8 Å². The lowest BCUT2D eigenvalue weighted by atomic mass is 10.1. The van der Waals surface area contributed by atoms with Gasteiger partial charge in [0, 0.05) is 12.1 Å². The normalized spacial score (nSPS) is 12.6. The molecule has 0 aliphatic heterocycles. The second-order valence-corrected chi connectivity index (χ2v) is 4.14. The summed E-state index contributed by atoms with van der Waals surface area (Å²) in [6, 6.07) is 1.68. The first-order valence-electron chi connectivity index (χ1n) is 5.40. The molecule has 0 aromatic heterocycles. The number of aliphatic hydroxyl groups excluding tert-OH is 1. The van der Waals surface area contributed by atoms with Crippen LogP contribution in [-0.4, -0.2) is 24.9 Å². The average molecular weight is 245 g/mol. The molecule has 0 aliphatic carbocycles. The molecule has 1 aromatic carbocycles. The predicted octanol–water partition coefficient (Wildman–Crippen LogP) is 2.40.